The number of anilines is 1. The molecule has 0 aromatic heterocycles. The molecule has 0 N–H and O–H groups in total. The van der Waals surface area contributed by atoms with Crippen molar-refractivity contribution in [3.63, 3.8) is 0 Å². The number of carbonyl (C=O) groups is 1. The molecular weight excluding hydrogens is 550 g/mol. The molecule has 37 heavy (non-hydrogen) atoms. The number of ether oxygens (including phenoxy) is 1. The van der Waals surface area contributed by atoms with Crippen molar-refractivity contribution in [2.75, 3.05) is 10.9 Å². The van der Waals surface area contributed by atoms with Gasteiger partial charge in [0.05, 0.1) is 21.7 Å². The lowest BCUT2D eigenvalue weighted by Gasteiger charge is -2.23. The van der Waals surface area contributed by atoms with Crippen LogP contribution in [0.15, 0.2) is 82.2 Å². The first-order chi connectivity index (χ1) is 17.5. The summed E-state index contributed by atoms with van der Waals surface area (Å²) in [7, 11) is -4.06. The van der Waals surface area contributed by atoms with Gasteiger partial charge in [-0.1, -0.05) is 70.5 Å². The van der Waals surface area contributed by atoms with Crippen LogP contribution in [-0.2, 0) is 26.7 Å². The monoisotopic (exact) mass is 585 g/mol. The van der Waals surface area contributed by atoms with E-state index in [1.807, 2.05) is 30.3 Å². The van der Waals surface area contributed by atoms with E-state index in [0.717, 1.165) is 33.6 Å². The molecule has 1 amide bonds. The molecular formula is C30H36BrNO4S. The maximum absolute atomic E-state index is 13.5. The summed E-state index contributed by atoms with van der Waals surface area (Å²) in [6.07, 6.45) is 3.45. The van der Waals surface area contributed by atoms with Crippen LogP contribution < -0.4 is 9.04 Å². The first-order valence-electron chi connectivity index (χ1n) is 12.7. The minimum atomic E-state index is -4.06. The zero-order chi connectivity index (χ0) is 27.1. The zero-order valence-electron chi connectivity index (χ0n) is 22.0. The predicted molar refractivity (Wildman–Crippen MR) is 154 cm³/mol. The normalized spacial score (nSPS) is 11.8. The van der Waals surface area contributed by atoms with Gasteiger partial charge in [0.25, 0.3) is 10.0 Å². The average molecular weight is 587 g/mol. The van der Waals surface area contributed by atoms with Gasteiger partial charge in [-0.05, 0) is 88.1 Å². The number of rotatable bonds is 11. The van der Waals surface area contributed by atoms with Crippen molar-refractivity contribution in [1.29, 1.82) is 0 Å². The third-order valence-electron chi connectivity index (χ3n) is 6.09. The lowest BCUT2D eigenvalue weighted by atomic mass is 9.87. The molecule has 0 saturated carbocycles. The second kappa shape index (κ2) is 12.7. The fraction of sp³-hybridized carbons (Fsp3) is 0.367. The topological polar surface area (TPSA) is 63.7 Å². The third kappa shape index (κ3) is 7.68. The van der Waals surface area contributed by atoms with Gasteiger partial charge in [0, 0.05) is 6.42 Å². The van der Waals surface area contributed by atoms with Gasteiger partial charge in [-0.15, -0.1) is 0 Å². The van der Waals surface area contributed by atoms with E-state index >= 15 is 0 Å². The molecule has 3 aromatic carbocycles. The van der Waals surface area contributed by atoms with E-state index < -0.39 is 15.9 Å². The number of amides is 1. The summed E-state index contributed by atoms with van der Waals surface area (Å²) in [6.45, 7) is 8.86. The molecule has 0 radical (unpaired) electrons. The molecule has 7 heteroatoms. The Labute approximate surface area is 230 Å². The van der Waals surface area contributed by atoms with Gasteiger partial charge in [0.1, 0.15) is 5.75 Å². The SMILES string of the molecule is CCCCc1ccc(N(C(=O)CCCOc2ccc(C(C)(C)C)cc2Br)S(=O)(=O)c2ccccc2)cc1. The van der Waals surface area contributed by atoms with E-state index in [2.05, 4.69) is 43.6 Å². The van der Waals surface area contributed by atoms with Crippen molar-refractivity contribution in [3.8, 4) is 5.75 Å². The molecule has 0 aliphatic heterocycles. The van der Waals surface area contributed by atoms with Crippen LogP contribution >= 0.6 is 15.9 Å². The van der Waals surface area contributed by atoms with Crippen molar-refractivity contribution in [2.45, 2.75) is 70.1 Å². The first-order valence-corrected chi connectivity index (χ1v) is 14.9. The van der Waals surface area contributed by atoms with Crippen molar-refractivity contribution >= 4 is 37.5 Å². The fourth-order valence-corrected chi connectivity index (χ4v) is 5.85. The molecule has 3 rings (SSSR count). The van der Waals surface area contributed by atoms with Crippen molar-refractivity contribution < 1.29 is 17.9 Å². The van der Waals surface area contributed by atoms with Crippen LogP contribution in [0.2, 0.25) is 0 Å². The zero-order valence-corrected chi connectivity index (χ0v) is 24.4. The summed E-state index contributed by atoms with van der Waals surface area (Å²) in [6, 6.07) is 21.3. The number of hydrogen-bond acceptors (Lipinski definition) is 4. The Morgan fingerprint density at radius 2 is 1.62 bits per heavy atom. The predicted octanol–water partition coefficient (Wildman–Crippen LogP) is 7.67. The first kappa shape index (κ1) is 28.9. The minimum Gasteiger partial charge on any atom is -0.492 e. The maximum atomic E-state index is 13.5. The summed E-state index contributed by atoms with van der Waals surface area (Å²) < 4.78 is 34.7. The lowest BCUT2D eigenvalue weighted by molar-refractivity contribution is -0.117. The Kier molecular flexibility index (Phi) is 9.96. The van der Waals surface area contributed by atoms with Gasteiger partial charge < -0.3 is 4.74 Å². The number of unbranched alkanes of at least 4 members (excludes halogenated alkanes) is 1. The molecule has 3 aromatic rings. The van der Waals surface area contributed by atoms with Crippen LogP contribution in [0.3, 0.4) is 0 Å². The van der Waals surface area contributed by atoms with E-state index in [-0.39, 0.29) is 23.3 Å². The molecule has 0 unspecified atom stereocenters. The van der Waals surface area contributed by atoms with Crippen molar-refractivity contribution in [1.82, 2.24) is 0 Å². The Bertz CT molecular complexity index is 1280. The third-order valence-corrected chi connectivity index (χ3v) is 8.47. The molecule has 0 aliphatic rings. The standard InChI is InChI=1S/C30H36BrNO4S/c1-5-6-11-23-15-18-25(19-16-23)32(37(34,35)26-12-8-7-9-13-26)29(33)14-10-21-36-28-20-17-24(22-27(28)31)30(2,3)4/h7-9,12-13,15-20,22H,5-6,10-11,14,21H2,1-4H3. The largest absolute Gasteiger partial charge is 0.492 e. The number of nitrogens with zero attached hydrogens (tertiary/aromatic N) is 1. The van der Waals surface area contributed by atoms with Crippen LogP contribution in [0.25, 0.3) is 0 Å². The van der Waals surface area contributed by atoms with Crippen molar-refractivity contribution in [3.05, 3.63) is 88.4 Å². The van der Waals surface area contributed by atoms with Crippen LogP contribution in [0, 0.1) is 0 Å². The van der Waals surface area contributed by atoms with E-state index in [1.165, 1.54) is 17.7 Å². The van der Waals surface area contributed by atoms with Crippen LogP contribution in [0.4, 0.5) is 5.69 Å². The number of hydrogen-bond donors (Lipinski definition) is 0. The highest BCUT2D eigenvalue weighted by molar-refractivity contribution is 9.10. The second-order valence-electron chi connectivity index (χ2n) is 10.1. The second-order valence-corrected chi connectivity index (χ2v) is 12.7. The molecule has 0 bridgehead atoms. The quantitative estimate of drug-likeness (QED) is 0.216. The maximum Gasteiger partial charge on any atom is 0.270 e. The highest BCUT2D eigenvalue weighted by atomic mass is 79.9. The number of halogens is 1. The summed E-state index contributed by atoms with van der Waals surface area (Å²) >= 11 is 3.57. The molecule has 0 heterocycles. The Balaban J connectivity index is 1.74. The fourth-order valence-electron chi connectivity index (χ4n) is 3.89. The van der Waals surface area contributed by atoms with Crippen LogP contribution in [0.1, 0.15) is 64.5 Å². The molecule has 0 aliphatic carbocycles. The minimum absolute atomic E-state index is 0.0232. The van der Waals surface area contributed by atoms with Gasteiger partial charge >= 0.3 is 0 Å². The molecule has 0 atom stereocenters. The smallest absolute Gasteiger partial charge is 0.270 e. The van der Waals surface area contributed by atoms with Gasteiger partial charge in [0.2, 0.25) is 5.91 Å². The molecule has 0 fully saturated rings. The lowest BCUT2D eigenvalue weighted by Crippen LogP contribution is -2.37. The summed E-state index contributed by atoms with van der Waals surface area (Å²) in [5, 5.41) is 0. The highest BCUT2D eigenvalue weighted by Crippen LogP contribution is 2.32. The molecule has 0 spiro atoms. The summed E-state index contributed by atoms with van der Waals surface area (Å²) in [5.74, 6) is 0.202. The number of carbonyl (C=O) groups excluding carboxylic acids is 1. The number of aryl methyl sites for hydroxylation is 1. The van der Waals surface area contributed by atoms with E-state index in [9.17, 15) is 13.2 Å². The Morgan fingerprint density at radius 3 is 2.22 bits per heavy atom. The van der Waals surface area contributed by atoms with E-state index in [1.54, 1.807) is 30.3 Å². The van der Waals surface area contributed by atoms with Gasteiger partial charge in [0.15, 0.2) is 0 Å². The van der Waals surface area contributed by atoms with Crippen LogP contribution in [-0.4, -0.2) is 20.9 Å². The van der Waals surface area contributed by atoms with E-state index in [4.69, 9.17) is 4.74 Å². The molecule has 5 nitrogen and oxygen atoms in total. The van der Waals surface area contributed by atoms with Crippen molar-refractivity contribution in [2.24, 2.45) is 0 Å². The molecule has 198 valence electrons. The molecule has 0 saturated heterocycles. The Morgan fingerprint density at radius 1 is 0.946 bits per heavy atom. The number of benzene rings is 3. The van der Waals surface area contributed by atoms with Gasteiger partial charge in [-0.3, -0.25) is 4.79 Å². The Hall–Kier alpha value is -2.64. The van der Waals surface area contributed by atoms with E-state index in [0.29, 0.717) is 17.9 Å². The van der Waals surface area contributed by atoms with Gasteiger partial charge in [-0.2, -0.15) is 0 Å². The summed E-state index contributed by atoms with van der Waals surface area (Å²) in [4.78, 5) is 13.4. The number of sulfonamides is 1. The summed E-state index contributed by atoms with van der Waals surface area (Å²) in [5.41, 5.74) is 2.67. The van der Waals surface area contributed by atoms with Gasteiger partial charge in [-0.25, -0.2) is 12.7 Å². The average Bonchev–Trinajstić information content (AvgIpc) is 2.87. The highest BCUT2D eigenvalue weighted by Gasteiger charge is 2.30. The van der Waals surface area contributed by atoms with Crippen LogP contribution in [0.5, 0.6) is 5.75 Å².